The maximum absolute atomic E-state index is 13.9. The van der Waals surface area contributed by atoms with E-state index >= 15 is 0 Å². The van der Waals surface area contributed by atoms with Gasteiger partial charge in [0.15, 0.2) is 0 Å². The Bertz CT molecular complexity index is 1350. The first-order chi connectivity index (χ1) is 18.8. The van der Waals surface area contributed by atoms with Gasteiger partial charge in [0, 0.05) is 23.6 Å². The maximum Gasteiger partial charge on any atom is 0.336 e. The molecule has 204 valence electrons. The highest BCUT2D eigenvalue weighted by Crippen LogP contribution is 2.50. The van der Waals surface area contributed by atoms with Crippen molar-refractivity contribution in [1.82, 2.24) is 10.3 Å². The Hall–Kier alpha value is -3.98. The highest BCUT2D eigenvalue weighted by atomic mass is 32.1. The molecule has 0 spiro atoms. The van der Waals surface area contributed by atoms with Gasteiger partial charge in [-0.15, -0.1) is 11.3 Å². The molecule has 1 aliphatic rings. The number of carbonyl (C=O) groups excluding carboxylic acids is 3. The summed E-state index contributed by atoms with van der Waals surface area (Å²) in [5.41, 5.74) is 1.89. The minimum absolute atomic E-state index is 0.130. The summed E-state index contributed by atoms with van der Waals surface area (Å²) in [6, 6.07) is 19.0. The number of nitrogens with zero attached hydrogens (tertiary/aromatic N) is 1. The fourth-order valence-electron chi connectivity index (χ4n) is 5.07. The van der Waals surface area contributed by atoms with E-state index < -0.39 is 35.3 Å². The van der Waals surface area contributed by atoms with Crippen LogP contribution in [0.25, 0.3) is 11.3 Å². The van der Waals surface area contributed by atoms with E-state index in [0.717, 1.165) is 11.3 Å². The molecule has 3 unspecified atom stereocenters. The number of thiazole rings is 1. The summed E-state index contributed by atoms with van der Waals surface area (Å²) in [7, 11) is 0. The van der Waals surface area contributed by atoms with Crippen molar-refractivity contribution in [2.45, 2.75) is 39.2 Å². The summed E-state index contributed by atoms with van der Waals surface area (Å²) in [6.45, 7) is 6.66. The van der Waals surface area contributed by atoms with Gasteiger partial charge in [-0.05, 0) is 26.3 Å². The van der Waals surface area contributed by atoms with E-state index in [1.165, 1.54) is 18.3 Å². The van der Waals surface area contributed by atoms with Crippen molar-refractivity contribution in [3.8, 4) is 11.3 Å². The number of esters is 3. The lowest BCUT2D eigenvalue weighted by Crippen LogP contribution is -2.60. The van der Waals surface area contributed by atoms with Crippen molar-refractivity contribution in [3.05, 3.63) is 87.9 Å². The number of hydrogen-bond donors (Lipinski definition) is 1. The number of allylic oxidation sites excluding steroid dienone is 1. The number of benzene rings is 2. The van der Waals surface area contributed by atoms with Crippen LogP contribution in [0.2, 0.25) is 0 Å². The number of ether oxygens (including phenoxy) is 3. The zero-order valence-electron chi connectivity index (χ0n) is 22.4. The van der Waals surface area contributed by atoms with Gasteiger partial charge in [0.25, 0.3) is 0 Å². The largest absolute Gasteiger partial charge is 0.466 e. The molecule has 0 bridgehead atoms. The van der Waals surface area contributed by atoms with E-state index in [4.69, 9.17) is 19.2 Å². The smallest absolute Gasteiger partial charge is 0.336 e. The SMILES string of the molecule is CCOC(=O)C1=C(C)NC(COC(C)=O)(c2ccccc2)C(C(=O)OCC)C1c1nc(-c2ccccc2)cs1. The quantitative estimate of drug-likeness (QED) is 0.295. The summed E-state index contributed by atoms with van der Waals surface area (Å²) in [6.07, 6.45) is 0. The van der Waals surface area contributed by atoms with Crippen molar-refractivity contribution in [1.29, 1.82) is 0 Å². The lowest BCUT2D eigenvalue weighted by molar-refractivity contribution is -0.158. The van der Waals surface area contributed by atoms with Gasteiger partial charge in [0.1, 0.15) is 23.1 Å². The van der Waals surface area contributed by atoms with Gasteiger partial charge >= 0.3 is 17.9 Å². The molecule has 39 heavy (non-hydrogen) atoms. The maximum atomic E-state index is 13.9. The highest BCUT2D eigenvalue weighted by Gasteiger charge is 2.57. The van der Waals surface area contributed by atoms with Gasteiger partial charge in [-0.1, -0.05) is 60.7 Å². The van der Waals surface area contributed by atoms with Gasteiger partial charge in [-0.25, -0.2) is 9.78 Å². The third-order valence-electron chi connectivity index (χ3n) is 6.68. The molecule has 1 aromatic heterocycles. The number of hydrogen-bond acceptors (Lipinski definition) is 9. The molecule has 2 heterocycles. The zero-order chi connectivity index (χ0) is 28.0. The predicted molar refractivity (Wildman–Crippen MR) is 148 cm³/mol. The molecule has 1 aliphatic heterocycles. The molecule has 2 aromatic carbocycles. The average molecular weight is 549 g/mol. The lowest BCUT2D eigenvalue weighted by Gasteiger charge is -2.47. The molecule has 3 aromatic rings. The molecule has 9 heteroatoms. The molecule has 0 saturated heterocycles. The first-order valence-electron chi connectivity index (χ1n) is 12.8. The second kappa shape index (κ2) is 12.3. The van der Waals surface area contributed by atoms with Crippen LogP contribution < -0.4 is 5.32 Å². The van der Waals surface area contributed by atoms with Crippen LogP contribution in [0.5, 0.6) is 0 Å². The van der Waals surface area contributed by atoms with E-state index in [9.17, 15) is 14.4 Å². The topological polar surface area (TPSA) is 104 Å². The fraction of sp³-hybridized carbons (Fsp3) is 0.333. The van der Waals surface area contributed by atoms with Crippen LogP contribution in [0.3, 0.4) is 0 Å². The van der Waals surface area contributed by atoms with Gasteiger partial charge in [-0.3, -0.25) is 9.59 Å². The Morgan fingerprint density at radius 3 is 2.21 bits per heavy atom. The fourth-order valence-corrected chi connectivity index (χ4v) is 6.05. The van der Waals surface area contributed by atoms with E-state index in [1.54, 1.807) is 20.8 Å². The molecule has 4 rings (SSSR count). The predicted octanol–water partition coefficient (Wildman–Crippen LogP) is 4.97. The van der Waals surface area contributed by atoms with Gasteiger partial charge in [0.05, 0.1) is 30.4 Å². The van der Waals surface area contributed by atoms with Crippen LogP contribution in [0.1, 0.15) is 44.2 Å². The number of carbonyl (C=O) groups is 3. The first kappa shape index (κ1) is 28.0. The first-order valence-corrected chi connectivity index (χ1v) is 13.7. The van der Waals surface area contributed by atoms with Gasteiger partial charge < -0.3 is 19.5 Å². The van der Waals surface area contributed by atoms with Crippen molar-refractivity contribution in [2.24, 2.45) is 5.92 Å². The Kier molecular flexibility index (Phi) is 8.81. The Labute approximate surface area is 232 Å². The normalized spacial score (nSPS) is 20.6. The lowest BCUT2D eigenvalue weighted by atomic mass is 9.66. The Balaban J connectivity index is 1.99. The molecule has 0 aliphatic carbocycles. The molecule has 0 fully saturated rings. The molecule has 8 nitrogen and oxygen atoms in total. The minimum Gasteiger partial charge on any atom is -0.466 e. The number of aromatic nitrogens is 1. The van der Waals surface area contributed by atoms with Crippen molar-refractivity contribution >= 4 is 29.2 Å². The monoisotopic (exact) mass is 548 g/mol. The summed E-state index contributed by atoms with van der Waals surface area (Å²) in [4.78, 5) is 44.3. The molecular formula is C30H32N2O6S. The molecule has 3 atom stereocenters. The van der Waals surface area contributed by atoms with Crippen LogP contribution >= 0.6 is 11.3 Å². The summed E-state index contributed by atoms with van der Waals surface area (Å²) in [5, 5.41) is 5.86. The summed E-state index contributed by atoms with van der Waals surface area (Å²) >= 11 is 1.36. The van der Waals surface area contributed by atoms with Crippen molar-refractivity contribution < 1.29 is 28.6 Å². The van der Waals surface area contributed by atoms with Gasteiger partial charge in [-0.2, -0.15) is 0 Å². The average Bonchev–Trinajstić information content (AvgIpc) is 3.43. The molecular weight excluding hydrogens is 516 g/mol. The number of rotatable bonds is 9. The summed E-state index contributed by atoms with van der Waals surface area (Å²) < 4.78 is 16.7. The zero-order valence-corrected chi connectivity index (χ0v) is 23.2. The van der Waals surface area contributed by atoms with Crippen LogP contribution in [0.15, 0.2) is 77.3 Å². The third kappa shape index (κ3) is 5.73. The molecule has 1 N–H and O–H groups in total. The van der Waals surface area contributed by atoms with Crippen LogP contribution in [-0.4, -0.2) is 42.7 Å². The second-order valence-corrected chi connectivity index (χ2v) is 10.0. The van der Waals surface area contributed by atoms with Crippen LogP contribution in [-0.2, 0) is 34.1 Å². The van der Waals surface area contributed by atoms with E-state index in [1.807, 2.05) is 66.0 Å². The standard InChI is InChI=1S/C30H32N2O6S/c1-5-36-28(34)24-19(3)32-30(18-38-20(4)33,22-15-11-8-12-16-22)26(29(35)37-6-2)25(24)27-31-23(17-39-27)21-13-9-7-10-14-21/h7-17,25-26,32H,5-6,18H2,1-4H3. The minimum atomic E-state index is -1.25. The Morgan fingerprint density at radius 2 is 1.59 bits per heavy atom. The van der Waals surface area contributed by atoms with Crippen LogP contribution in [0, 0.1) is 5.92 Å². The molecule has 0 radical (unpaired) electrons. The second-order valence-electron chi connectivity index (χ2n) is 9.15. The highest BCUT2D eigenvalue weighted by molar-refractivity contribution is 7.10. The van der Waals surface area contributed by atoms with Crippen LogP contribution in [0.4, 0.5) is 0 Å². The molecule has 0 saturated carbocycles. The van der Waals surface area contributed by atoms with E-state index in [-0.39, 0.29) is 19.8 Å². The third-order valence-corrected chi connectivity index (χ3v) is 7.60. The summed E-state index contributed by atoms with van der Waals surface area (Å²) in [5.74, 6) is -3.44. The number of nitrogens with one attached hydrogen (secondary N) is 1. The van der Waals surface area contributed by atoms with Gasteiger partial charge in [0.2, 0.25) is 0 Å². The van der Waals surface area contributed by atoms with E-state index in [2.05, 4.69) is 5.32 Å². The Morgan fingerprint density at radius 1 is 0.949 bits per heavy atom. The van der Waals surface area contributed by atoms with Crippen molar-refractivity contribution in [3.63, 3.8) is 0 Å². The van der Waals surface area contributed by atoms with E-state index in [0.29, 0.717) is 21.8 Å². The molecule has 0 amide bonds. The van der Waals surface area contributed by atoms with Crippen molar-refractivity contribution in [2.75, 3.05) is 19.8 Å².